The zero-order chi connectivity index (χ0) is 20.6. The van der Waals surface area contributed by atoms with Gasteiger partial charge < -0.3 is 4.48 Å². The molecule has 0 fully saturated rings. The van der Waals surface area contributed by atoms with Gasteiger partial charge in [0.05, 0.1) is 26.4 Å². The van der Waals surface area contributed by atoms with Gasteiger partial charge in [0.2, 0.25) is 0 Å². The van der Waals surface area contributed by atoms with Crippen molar-refractivity contribution in [1.29, 1.82) is 0 Å². The van der Waals surface area contributed by atoms with Crippen LogP contribution in [0.5, 0.6) is 0 Å². The van der Waals surface area contributed by atoms with E-state index in [1.165, 1.54) is 26.9 Å². The van der Waals surface area contributed by atoms with Crippen LogP contribution in [0.4, 0.5) is 0 Å². The number of quaternary nitrogens is 1. The Morgan fingerprint density at radius 3 is 2.21 bits per heavy atom. The Balaban J connectivity index is 1.64. The van der Waals surface area contributed by atoms with Gasteiger partial charge >= 0.3 is 0 Å². The van der Waals surface area contributed by atoms with Crippen LogP contribution in [-0.4, -0.2) is 50.4 Å². The molecule has 0 saturated heterocycles. The van der Waals surface area contributed by atoms with Crippen LogP contribution in [0.3, 0.4) is 0 Å². The smallest absolute Gasteiger partial charge is 0.265 e. The average Bonchev–Trinajstić information content (AvgIpc) is 2.65. The molecule has 0 unspecified atom stereocenters. The van der Waals surface area contributed by atoms with Gasteiger partial charge in [-0.25, -0.2) is 0 Å². The minimum absolute atomic E-state index is 0.211. The molecule has 5 heteroatoms. The highest BCUT2D eigenvalue weighted by atomic mass is 32.2. The van der Waals surface area contributed by atoms with Crippen molar-refractivity contribution in [3.05, 3.63) is 60.2 Å². The van der Waals surface area contributed by atoms with Crippen molar-refractivity contribution >= 4 is 42.4 Å². The summed E-state index contributed by atoms with van der Waals surface area (Å²) in [6, 6.07) is 19.2. The molecule has 0 aliphatic heterocycles. The molecule has 0 aromatic heterocycles. The van der Waals surface area contributed by atoms with Gasteiger partial charge in [-0.3, -0.25) is 4.55 Å². The van der Waals surface area contributed by atoms with E-state index < -0.39 is 10.1 Å². The molecule has 0 atom stereocenters. The maximum Gasteiger partial charge on any atom is 0.265 e. The Kier molecular flexibility index (Phi) is 4.95. The van der Waals surface area contributed by atoms with Crippen LogP contribution < -0.4 is 0 Å². The molecule has 0 spiro atoms. The molecular weight excluding hydrogens is 382 g/mol. The normalized spacial score (nSPS) is 12.5. The second-order valence-corrected chi connectivity index (χ2v) is 9.80. The molecule has 29 heavy (non-hydrogen) atoms. The largest absolute Gasteiger partial charge is 0.318 e. The first-order valence-corrected chi connectivity index (χ1v) is 11.3. The van der Waals surface area contributed by atoms with Gasteiger partial charge in [-0.2, -0.15) is 8.42 Å². The van der Waals surface area contributed by atoms with Gasteiger partial charge in [-0.1, -0.05) is 54.5 Å². The Hall–Kier alpha value is -2.65. The van der Waals surface area contributed by atoms with Gasteiger partial charge in [-0.15, -0.1) is 0 Å². The van der Waals surface area contributed by atoms with Crippen LogP contribution >= 0.6 is 0 Å². The molecule has 0 amide bonds. The van der Waals surface area contributed by atoms with Gasteiger partial charge in [0.15, 0.2) is 0 Å². The van der Waals surface area contributed by atoms with Crippen LogP contribution in [0.15, 0.2) is 54.6 Å². The fourth-order valence-electron chi connectivity index (χ4n) is 3.95. The summed E-state index contributed by atoms with van der Waals surface area (Å²) in [4.78, 5) is 0. The van der Waals surface area contributed by atoms with Crippen LogP contribution in [0.2, 0.25) is 0 Å². The van der Waals surface area contributed by atoms with Gasteiger partial charge in [0, 0.05) is 12.0 Å². The third kappa shape index (κ3) is 4.20. The Bertz CT molecular complexity index is 1350. The fraction of sp³-hybridized carbons (Fsp3) is 0.250. The average molecular weight is 407 g/mol. The van der Waals surface area contributed by atoms with E-state index in [0.717, 1.165) is 10.9 Å². The third-order valence-electron chi connectivity index (χ3n) is 5.42. The second-order valence-electron chi connectivity index (χ2n) is 8.23. The maximum atomic E-state index is 10.9. The standard InChI is InChI=1S/C24H23NO3S/c1-25(2,16-5-17-29(26,27)28)15-4-8-18-9-10-21-12-11-19-6-3-7-20-13-14-22(18)24(21)23(19)20/h3,6-7,9-14H,5,15-17H2,1-2H3/p+1. The monoisotopic (exact) mass is 406 g/mol. The number of rotatable bonds is 5. The first-order valence-electron chi connectivity index (χ1n) is 9.66. The topological polar surface area (TPSA) is 54.4 Å². The number of nitrogens with zero attached hydrogens (tertiary/aromatic N) is 1. The SMILES string of the molecule is C[N+](C)(CC#Cc1ccc2ccc3cccc4ccc1c2c34)CCCS(=O)(=O)O. The van der Waals surface area contributed by atoms with Gasteiger partial charge in [-0.05, 0) is 44.3 Å². The van der Waals surface area contributed by atoms with Crippen LogP contribution in [-0.2, 0) is 10.1 Å². The third-order valence-corrected chi connectivity index (χ3v) is 6.23. The number of benzene rings is 4. The zero-order valence-corrected chi connectivity index (χ0v) is 17.5. The van der Waals surface area contributed by atoms with E-state index in [4.69, 9.17) is 4.55 Å². The molecule has 1 N–H and O–H groups in total. The highest BCUT2D eigenvalue weighted by Crippen LogP contribution is 2.35. The summed E-state index contributed by atoms with van der Waals surface area (Å²) in [6.45, 7) is 1.24. The van der Waals surface area contributed by atoms with Crippen molar-refractivity contribution in [3.63, 3.8) is 0 Å². The number of hydrogen-bond acceptors (Lipinski definition) is 2. The first-order chi connectivity index (χ1) is 13.7. The molecule has 0 radical (unpaired) electrons. The van der Waals surface area contributed by atoms with E-state index in [1.54, 1.807) is 0 Å². The molecule has 4 nitrogen and oxygen atoms in total. The fourth-order valence-corrected chi connectivity index (χ4v) is 4.44. The minimum atomic E-state index is -3.91. The predicted molar refractivity (Wildman–Crippen MR) is 120 cm³/mol. The lowest BCUT2D eigenvalue weighted by molar-refractivity contribution is -0.883. The Labute approximate surface area is 171 Å². The molecule has 0 aliphatic carbocycles. The molecule has 4 aromatic carbocycles. The highest BCUT2D eigenvalue weighted by Gasteiger charge is 2.15. The Morgan fingerprint density at radius 1 is 0.897 bits per heavy atom. The molecule has 0 saturated carbocycles. The second kappa shape index (κ2) is 7.31. The van der Waals surface area contributed by atoms with E-state index in [2.05, 4.69) is 66.4 Å². The quantitative estimate of drug-likeness (QED) is 0.233. The summed E-state index contributed by atoms with van der Waals surface area (Å²) in [7, 11) is 0.127. The van der Waals surface area contributed by atoms with Gasteiger partial charge in [0.25, 0.3) is 10.1 Å². The van der Waals surface area contributed by atoms with E-state index in [9.17, 15) is 8.42 Å². The molecule has 4 rings (SSSR count). The summed E-state index contributed by atoms with van der Waals surface area (Å²) < 4.78 is 31.3. The van der Waals surface area contributed by atoms with Crippen LogP contribution in [0.25, 0.3) is 32.3 Å². The van der Waals surface area contributed by atoms with Crippen LogP contribution in [0.1, 0.15) is 12.0 Å². The molecule has 148 valence electrons. The molecular formula is C24H24NO3S+. The minimum Gasteiger partial charge on any atom is -0.318 e. The summed E-state index contributed by atoms with van der Waals surface area (Å²) in [5, 5.41) is 7.40. The van der Waals surface area contributed by atoms with E-state index in [-0.39, 0.29) is 5.75 Å². The molecule has 4 aromatic rings. The van der Waals surface area contributed by atoms with Crippen molar-refractivity contribution in [1.82, 2.24) is 0 Å². The zero-order valence-electron chi connectivity index (χ0n) is 16.6. The van der Waals surface area contributed by atoms with E-state index >= 15 is 0 Å². The van der Waals surface area contributed by atoms with Crippen molar-refractivity contribution in [3.8, 4) is 11.8 Å². The van der Waals surface area contributed by atoms with Crippen molar-refractivity contribution < 1.29 is 17.5 Å². The van der Waals surface area contributed by atoms with Crippen molar-refractivity contribution in [2.45, 2.75) is 6.42 Å². The van der Waals surface area contributed by atoms with Crippen molar-refractivity contribution in [2.24, 2.45) is 0 Å². The summed E-state index contributed by atoms with van der Waals surface area (Å²) >= 11 is 0. The summed E-state index contributed by atoms with van der Waals surface area (Å²) in [6.07, 6.45) is 0.409. The van der Waals surface area contributed by atoms with Crippen molar-refractivity contribution in [2.75, 3.05) is 32.9 Å². The highest BCUT2D eigenvalue weighted by molar-refractivity contribution is 7.85. The van der Waals surface area contributed by atoms with Gasteiger partial charge in [0.1, 0.15) is 6.54 Å². The number of hydrogen-bond donors (Lipinski definition) is 1. The molecule has 0 aliphatic rings. The predicted octanol–water partition coefficient (Wildman–Crippen LogP) is 4.29. The lowest BCUT2D eigenvalue weighted by Crippen LogP contribution is -2.41. The van der Waals surface area contributed by atoms with E-state index in [0.29, 0.717) is 24.0 Å². The summed E-state index contributed by atoms with van der Waals surface area (Å²) in [5.74, 6) is 6.39. The first kappa shape index (κ1) is 19.7. The molecule has 0 heterocycles. The lowest BCUT2D eigenvalue weighted by atomic mass is 9.92. The molecule has 0 bridgehead atoms. The van der Waals surface area contributed by atoms with Crippen LogP contribution in [0, 0.1) is 11.8 Å². The lowest BCUT2D eigenvalue weighted by Gasteiger charge is -2.27. The maximum absolute atomic E-state index is 10.9. The van der Waals surface area contributed by atoms with E-state index in [1.807, 2.05) is 14.1 Å². The summed E-state index contributed by atoms with van der Waals surface area (Å²) in [5.41, 5.74) is 1.01. The Morgan fingerprint density at radius 2 is 1.52 bits per heavy atom.